The SMILES string of the molecule is NC(c1cncc(Br)c1)c1cc(Cl)ccc1Cl. The van der Waals surface area contributed by atoms with E-state index >= 15 is 0 Å². The summed E-state index contributed by atoms with van der Waals surface area (Å²) in [7, 11) is 0. The van der Waals surface area contributed by atoms with Gasteiger partial charge in [-0.1, -0.05) is 23.2 Å². The molecule has 5 heteroatoms. The molecular weight excluding hydrogens is 323 g/mol. The molecule has 2 nitrogen and oxygen atoms in total. The normalized spacial score (nSPS) is 12.5. The van der Waals surface area contributed by atoms with Gasteiger partial charge in [0.25, 0.3) is 0 Å². The minimum atomic E-state index is -0.341. The van der Waals surface area contributed by atoms with Gasteiger partial charge in [-0.25, -0.2) is 0 Å². The second kappa shape index (κ2) is 5.36. The Bertz CT molecular complexity index is 546. The van der Waals surface area contributed by atoms with E-state index in [-0.39, 0.29) is 6.04 Å². The van der Waals surface area contributed by atoms with Gasteiger partial charge in [0, 0.05) is 26.9 Å². The summed E-state index contributed by atoms with van der Waals surface area (Å²) < 4.78 is 0.878. The van der Waals surface area contributed by atoms with E-state index < -0.39 is 0 Å². The van der Waals surface area contributed by atoms with Crippen molar-refractivity contribution in [3.8, 4) is 0 Å². The van der Waals surface area contributed by atoms with E-state index in [1.54, 1.807) is 30.6 Å². The van der Waals surface area contributed by atoms with Crippen LogP contribution in [0.5, 0.6) is 0 Å². The first-order chi connectivity index (χ1) is 8.08. The Kier molecular flexibility index (Phi) is 4.05. The zero-order valence-corrected chi connectivity index (χ0v) is 11.8. The van der Waals surface area contributed by atoms with E-state index in [2.05, 4.69) is 20.9 Å². The summed E-state index contributed by atoms with van der Waals surface area (Å²) in [5.41, 5.74) is 7.82. The van der Waals surface area contributed by atoms with E-state index in [0.717, 1.165) is 15.6 Å². The molecule has 2 rings (SSSR count). The summed E-state index contributed by atoms with van der Waals surface area (Å²) in [6.07, 6.45) is 3.42. The number of rotatable bonds is 2. The van der Waals surface area contributed by atoms with E-state index in [1.807, 2.05) is 6.07 Å². The van der Waals surface area contributed by atoms with Crippen LogP contribution in [0.25, 0.3) is 0 Å². The lowest BCUT2D eigenvalue weighted by Crippen LogP contribution is -2.12. The fraction of sp³-hybridized carbons (Fsp3) is 0.0833. The van der Waals surface area contributed by atoms with Gasteiger partial charge in [0.1, 0.15) is 0 Å². The molecular formula is C12H9BrCl2N2. The maximum atomic E-state index is 6.15. The molecule has 0 spiro atoms. The van der Waals surface area contributed by atoms with Crippen LogP contribution in [0.15, 0.2) is 41.1 Å². The number of pyridine rings is 1. The zero-order chi connectivity index (χ0) is 12.4. The van der Waals surface area contributed by atoms with Gasteiger partial charge in [0.15, 0.2) is 0 Å². The lowest BCUT2D eigenvalue weighted by Gasteiger charge is -2.14. The molecule has 88 valence electrons. The lowest BCUT2D eigenvalue weighted by atomic mass is 10.0. The number of nitrogens with two attached hydrogens (primary N) is 1. The summed E-state index contributed by atoms with van der Waals surface area (Å²) in [6.45, 7) is 0. The van der Waals surface area contributed by atoms with E-state index in [1.165, 1.54) is 0 Å². The van der Waals surface area contributed by atoms with Crippen LogP contribution in [0.2, 0.25) is 10.0 Å². The summed E-state index contributed by atoms with van der Waals surface area (Å²) in [4.78, 5) is 4.08. The van der Waals surface area contributed by atoms with E-state index in [4.69, 9.17) is 28.9 Å². The van der Waals surface area contributed by atoms with Gasteiger partial charge in [0.2, 0.25) is 0 Å². The van der Waals surface area contributed by atoms with Gasteiger partial charge < -0.3 is 5.73 Å². The molecule has 1 aromatic heterocycles. The molecule has 0 saturated carbocycles. The summed E-state index contributed by atoms with van der Waals surface area (Å²) >= 11 is 15.4. The molecule has 0 radical (unpaired) electrons. The highest BCUT2D eigenvalue weighted by Gasteiger charge is 2.13. The molecule has 2 N–H and O–H groups in total. The smallest absolute Gasteiger partial charge is 0.0582 e. The third-order valence-corrected chi connectivity index (χ3v) is 3.39. The zero-order valence-electron chi connectivity index (χ0n) is 8.70. The van der Waals surface area contributed by atoms with Crippen LogP contribution in [0, 0.1) is 0 Å². The number of aromatic nitrogens is 1. The topological polar surface area (TPSA) is 38.9 Å². The third-order valence-electron chi connectivity index (χ3n) is 2.38. The first-order valence-corrected chi connectivity index (χ1v) is 6.44. The summed E-state index contributed by atoms with van der Waals surface area (Å²) in [5, 5.41) is 1.21. The van der Waals surface area contributed by atoms with Crippen LogP contribution in [0.3, 0.4) is 0 Å². The van der Waals surface area contributed by atoms with Crippen molar-refractivity contribution in [2.45, 2.75) is 6.04 Å². The Labute approximate surface area is 118 Å². The van der Waals surface area contributed by atoms with Crippen molar-refractivity contribution in [3.63, 3.8) is 0 Å². The largest absolute Gasteiger partial charge is 0.320 e. The van der Waals surface area contributed by atoms with Crippen LogP contribution < -0.4 is 5.73 Å². The second-order valence-corrected chi connectivity index (χ2v) is 5.34. The third kappa shape index (κ3) is 2.99. The van der Waals surface area contributed by atoms with Crippen molar-refractivity contribution in [2.75, 3.05) is 0 Å². The molecule has 0 amide bonds. The van der Waals surface area contributed by atoms with Crippen LogP contribution in [-0.2, 0) is 0 Å². The number of nitrogens with zero attached hydrogens (tertiary/aromatic N) is 1. The molecule has 17 heavy (non-hydrogen) atoms. The predicted octanol–water partition coefficient (Wildman–Crippen LogP) is 4.20. The van der Waals surface area contributed by atoms with Crippen LogP contribution in [0.1, 0.15) is 17.2 Å². The molecule has 0 aliphatic carbocycles. The van der Waals surface area contributed by atoms with Crippen molar-refractivity contribution < 1.29 is 0 Å². The number of halogens is 3. The standard InChI is InChI=1S/C12H9BrCl2N2/c13-8-3-7(5-17-6-8)12(16)10-4-9(14)1-2-11(10)15/h1-6,12H,16H2. The molecule has 2 aromatic rings. The average Bonchev–Trinajstić information content (AvgIpc) is 2.31. The van der Waals surface area contributed by atoms with Gasteiger partial charge in [0.05, 0.1) is 6.04 Å². The first-order valence-electron chi connectivity index (χ1n) is 4.89. The highest BCUT2D eigenvalue weighted by Crippen LogP contribution is 2.29. The van der Waals surface area contributed by atoms with Crippen molar-refractivity contribution in [2.24, 2.45) is 5.73 Å². The van der Waals surface area contributed by atoms with E-state index in [0.29, 0.717) is 10.0 Å². The molecule has 0 bridgehead atoms. The van der Waals surface area contributed by atoms with Gasteiger partial charge in [-0.15, -0.1) is 0 Å². The highest BCUT2D eigenvalue weighted by atomic mass is 79.9. The lowest BCUT2D eigenvalue weighted by molar-refractivity contribution is 0.862. The fourth-order valence-corrected chi connectivity index (χ4v) is 2.33. The summed E-state index contributed by atoms with van der Waals surface area (Å²) in [5.74, 6) is 0. The van der Waals surface area contributed by atoms with Crippen LogP contribution in [0.4, 0.5) is 0 Å². The minimum absolute atomic E-state index is 0.341. The van der Waals surface area contributed by atoms with Gasteiger partial charge in [-0.05, 0) is 51.3 Å². The van der Waals surface area contributed by atoms with Crippen molar-refractivity contribution >= 4 is 39.1 Å². The van der Waals surface area contributed by atoms with Gasteiger partial charge in [-0.2, -0.15) is 0 Å². The molecule has 0 fully saturated rings. The maximum absolute atomic E-state index is 6.15. The average molecular weight is 332 g/mol. The van der Waals surface area contributed by atoms with Gasteiger partial charge in [-0.3, -0.25) is 4.98 Å². The van der Waals surface area contributed by atoms with Crippen molar-refractivity contribution in [1.82, 2.24) is 4.98 Å². The Morgan fingerprint density at radius 2 is 1.94 bits per heavy atom. The van der Waals surface area contributed by atoms with Crippen molar-refractivity contribution in [1.29, 1.82) is 0 Å². The molecule has 0 aliphatic rings. The Balaban J connectivity index is 2.43. The predicted molar refractivity (Wildman–Crippen MR) is 74.4 cm³/mol. The first kappa shape index (κ1) is 12.8. The highest BCUT2D eigenvalue weighted by molar-refractivity contribution is 9.10. The Morgan fingerprint density at radius 1 is 1.18 bits per heavy atom. The van der Waals surface area contributed by atoms with E-state index in [9.17, 15) is 0 Å². The fourth-order valence-electron chi connectivity index (χ4n) is 1.53. The quantitative estimate of drug-likeness (QED) is 0.895. The molecule has 1 atom stereocenters. The van der Waals surface area contributed by atoms with Gasteiger partial charge >= 0.3 is 0 Å². The Hall–Kier alpha value is -0.610. The number of hydrogen-bond acceptors (Lipinski definition) is 2. The molecule has 1 unspecified atom stereocenters. The second-order valence-electron chi connectivity index (χ2n) is 3.58. The molecule has 1 heterocycles. The minimum Gasteiger partial charge on any atom is -0.320 e. The maximum Gasteiger partial charge on any atom is 0.0582 e. The molecule has 1 aromatic carbocycles. The van der Waals surface area contributed by atoms with Crippen LogP contribution in [-0.4, -0.2) is 4.98 Å². The van der Waals surface area contributed by atoms with Crippen molar-refractivity contribution in [3.05, 3.63) is 62.3 Å². The Morgan fingerprint density at radius 3 is 2.65 bits per heavy atom. The number of hydrogen-bond donors (Lipinski definition) is 1. The number of benzene rings is 1. The molecule has 0 saturated heterocycles. The van der Waals surface area contributed by atoms with Crippen LogP contribution >= 0.6 is 39.1 Å². The molecule has 0 aliphatic heterocycles. The monoisotopic (exact) mass is 330 g/mol. The summed E-state index contributed by atoms with van der Waals surface area (Å²) in [6, 6.07) is 6.82.